The van der Waals surface area contributed by atoms with E-state index in [1.807, 2.05) is 25.8 Å². The summed E-state index contributed by atoms with van der Waals surface area (Å²) in [7, 11) is 3.24. The maximum atomic E-state index is 13.7. The summed E-state index contributed by atoms with van der Waals surface area (Å²) in [6.45, 7) is 11.1. The molecule has 3 amide bonds. The number of amides is 3. The fourth-order valence-electron chi connectivity index (χ4n) is 7.12. The van der Waals surface area contributed by atoms with Crippen molar-refractivity contribution in [1.29, 1.82) is 0 Å². The van der Waals surface area contributed by atoms with Crippen molar-refractivity contribution in [2.24, 2.45) is 17.8 Å². The maximum Gasteiger partial charge on any atom is 0.308 e. The monoisotopic (exact) mass is 715 g/mol. The van der Waals surface area contributed by atoms with Crippen molar-refractivity contribution in [3.05, 3.63) is 51.7 Å². The number of methoxy groups -OCH3 is 1. The van der Waals surface area contributed by atoms with Gasteiger partial charge in [-0.25, -0.2) is 9.37 Å². The molecule has 13 heteroatoms. The Morgan fingerprint density at radius 2 is 1.88 bits per heavy atom. The van der Waals surface area contributed by atoms with Crippen LogP contribution in [-0.4, -0.2) is 95.0 Å². The number of aliphatic hydroxyl groups excluding tert-OH is 1. The predicted octanol–water partition coefficient (Wildman–Crippen LogP) is 4.67. The number of carbonyl (C=O) groups excluding carboxylic acids is 4. The van der Waals surface area contributed by atoms with Gasteiger partial charge in [0.1, 0.15) is 22.6 Å². The molecule has 276 valence electrons. The number of ether oxygens (including phenoxy) is 1. The van der Waals surface area contributed by atoms with Crippen molar-refractivity contribution in [2.75, 3.05) is 33.8 Å². The van der Waals surface area contributed by atoms with Gasteiger partial charge < -0.3 is 25.4 Å². The van der Waals surface area contributed by atoms with E-state index >= 15 is 0 Å². The van der Waals surface area contributed by atoms with Crippen LogP contribution in [-0.2, 0) is 19.1 Å². The van der Waals surface area contributed by atoms with Crippen LogP contribution in [0, 0.1) is 23.6 Å². The lowest BCUT2D eigenvalue weighted by molar-refractivity contribution is -0.145. The second-order valence-corrected chi connectivity index (χ2v) is 15.5. The van der Waals surface area contributed by atoms with Crippen LogP contribution < -0.4 is 10.6 Å². The van der Waals surface area contributed by atoms with Crippen LogP contribution in [0.1, 0.15) is 106 Å². The number of benzene rings is 1. The summed E-state index contributed by atoms with van der Waals surface area (Å²) < 4.78 is 18.6. The van der Waals surface area contributed by atoms with E-state index in [1.165, 1.54) is 30.6 Å². The molecule has 1 aliphatic heterocycles. The Balaban J connectivity index is 1.46. The summed E-state index contributed by atoms with van der Waals surface area (Å²) in [5, 5.41) is 19.3. The van der Waals surface area contributed by atoms with E-state index in [0.717, 1.165) is 31.4 Å². The third-order valence-corrected chi connectivity index (χ3v) is 11.4. The highest BCUT2D eigenvalue weighted by Crippen LogP contribution is 2.55. The lowest BCUT2D eigenvalue weighted by atomic mass is 9.94. The molecular formula is C37H54FN5O6S. The number of nitrogens with one attached hydrogen (secondary N) is 2. The van der Waals surface area contributed by atoms with Crippen LogP contribution in [0.2, 0.25) is 0 Å². The minimum absolute atomic E-state index is 0.00743. The largest absolute Gasteiger partial charge is 0.469 e. The fourth-order valence-corrected chi connectivity index (χ4v) is 7.91. The first-order chi connectivity index (χ1) is 23.7. The molecule has 4 rings (SSSR count). The summed E-state index contributed by atoms with van der Waals surface area (Å²) in [5.74, 6) is -1.91. The number of rotatable bonds is 17. The first kappa shape index (κ1) is 39.4. The van der Waals surface area contributed by atoms with E-state index in [9.17, 15) is 28.7 Å². The molecule has 11 nitrogen and oxygen atoms in total. The average molecular weight is 716 g/mol. The number of likely N-dealkylation sites (tertiary alicyclic amines) is 1. The van der Waals surface area contributed by atoms with Crippen LogP contribution in [0.25, 0.3) is 0 Å². The third kappa shape index (κ3) is 9.67. The molecule has 2 aliphatic rings. The first-order valence-electron chi connectivity index (χ1n) is 17.8. The minimum Gasteiger partial charge on any atom is -0.469 e. The van der Waals surface area contributed by atoms with E-state index in [1.54, 1.807) is 29.3 Å². The number of likely N-dealkylation sites (N-methyl/N-ethyl adjacent to an activating group) is 1. The van der Waals surface area contributed by atoms with Gasteiger partial charge in [-0.2, -0.15) is 0 Å². The molecule has 2 heterocycles. The smallest absolute Gasteiger partial charge is 0.308 e. The second-order valence-electron chi connectivity index (χ2n) is 14.6. The minimum atomic E-state index is -1.04. The second kappa shape index (κ2) is 17.2. The van der Waals surface area contributed by atoms with E-state index in [-0.39, 0.29) is 72.1 Å². The summed E-state index contributed by atoms with van der Waals surface area (Å²) in [4.78, 5) is 60.7. The van der Waals surface area contributed by atoms with Gasteiger partial charge in [-0.15, -0.1) is 11.3 Å². The molecule has 2 fully saturated rings. The molecule has 1 aromatic carbocycles. The summed E-state index contributed by atoms with van der Waals surface area (Å²) in [5.41, 5.74) is 0.263. The zero-order chi connectivity index (χ0) is 36.7. The first-order valence-corrected chi connectivity index (χ1v) is 18.6. The van der Waals surface area contributed by atoms with Crippen LogP contribution in [0.4, 0.5) is 4.39 Å². The number of thiazole rings is 1. The normalized spacial score (nSPS) is 22.8. The topological polar surface area (TPSA) is 141 Å². The maximum absolute atomic E-state index is 13.7. The molecule has 1 aliphatic carbocycles. The highest BCUT2D eigenvalue weighted by atomic mass is 32.1. The number of aliphatic hydroxyl groups is 1. The van der Waals surface area contributed by atoms with Crippen molar-refractivity contribution < 1.29 is 33.4 Å². The molecule has 0 radical (unpaired) electrons. The van der Waals surface area contributed by atoms with Crippen LogP contribution in [0.15, 0.2) is 29.6 Å². The van der Waals surface area contributed by atoms with Gasteiger partial charge in [0.05, 0.1) is 25.6 Å². The van der Waals surface area contributed by atoms with Gasteiger partial charge >= 0.3 is 5.97 Å². The number of carbonyl (C=O) groups is 4. The van der Waals surface area contributed by atoms with Crippen LogP contribution in [0.5, 0.6) is 0 Å². The van der Waals surface area contributed by atoms with Crippen molar-refractivity contribution in [3.8, 4) is 0 Å². The number of nitrogens with zero attached hydrogens (tertiary/aromatic N) is 3. The SMILES string of the molecule is CCC(C)CN(C(=O)CNC(=O)[C@H]1CCCN1C)C(C[C@@H](O)c1nc(C(=O)NC2(C[C@H](C)C(=O)OC)CC2c2ccc(F)cc2)cs1)C(C)C. The van der Waals surface area contributed by atoms with Gasteiger partial charge in [0, 0.05) is 35.8 Å². The van der Waals surface area contributed by atoms with Gasteiger partial charge in [-0.1, -0.05) is 53.2 Å². The van der Waals surface area contributed by atoms with Crippen molar-refractivity contribution in [3.63, 3.8) is 0 Å². The number of halogens is 1. The number of esters is 1. The van der Waals surface area contributed by atoms with Crippen LogP contribution in [0.3, 0.4) is 0 Å². The molecule has 2 aromatic rings. The lowest BCUT2D eigenvalue weighted by Crippen LogP contribution is -2.51. The number of hydrogen-bond donors (Lipinski definition) is 3. The van der Waals surface area contributed by atoms with E-state index in [2.05, 4.69) is 29.5 Å². The molecule has 4 unspecified atom stereocenters. The zero-order valence-electron chi connectivity index (χ0n) is 30.4. The Labute approximate surface area is 299 Å². The summed E-state index contributed by atoms with van der Waals surface area (Å²) in [6, 6.07) is 5.57. The Bertz CT molecular complexity index is 1490. The molecule has 0 bridgehead atoms. The molecule has 7 atom stereocenters. The van der Waals surface area contributed by atoms with Crippen molar-refractivity contribution in [1.82, 2.24) is 25.4 Å². The number of aromatic nitrogens is 1. The van der Waals surface area contributed by atoms with Crippen molar-refractivity contribution in [2.45, 2.75) is 103 Å². The van der Waals surface area contributed by atoms with Gasteiger partial charge in [0.15, 0.2) is 0 Å². The van der Waals surface area contributed by atoms with Crippen molar-refractivity contribution >= 4 is 35.0 Å². The van der Waals surface area contributed by atoms with Gasteiger partial charge in [-0.05, 0) is 68.8 Å². The molecular weight excluding hydrogens is 662 g/mol. The standard InChI is InChI=1S/C37H54FN5O6S/c1-8-23(4)20-43(32(45)19-39-34(47)29-10-9-15-42(29)6)30(22(2)3)16-31(44)35-40-28(21-50-35)33(46)41-37(17-24(5)36(48)49-7)18-27(37)25-11-13-26(38)14-12-25/h11-14,21-24,27,29-31,44H,8-10,15-20H2,1-7H3,(H,39,47)(H,41,46)/t23?,24-,27?,29+,30?,31+,37?/m0/s1. The number of hydrogen-bond acceptors (Lipinski definition) is 9. The average Bonchev–Trinajstić information content (AvgIpc) is 3.39. The Morgan fingerprint density at radius 1 is 1.18 bits per heavy atom. The molecule has 1 saturated heterocycles. The molecule has 1 aromatic heterocycles. The molecule has 50 heavy (non-hydrogen) atoms. The van der Waals surface area contributed by atoms with Crippen LogP contribution >= 0.6 is 11.3 Å². The summed E-state index contributed by atoms with van der Waals surface area (Å²) >= 11 is 1.17. The van der Waals surface area contributed by atoms with Gasteiger partial charge in [-0.3, -0.25) is 24.1 Å². The van der Waals surface area contributed by atoms with E-state index in [0.29, 0.717) is 24.4 Å². The molecule has 1 saturated carbocycles. The van der Waals surface area contributed by atoms with Gasteiger partial charge in [0.25, 0.3) is 5.91 Å². The summed E-state index contributed by atoms with van der Waals surface area (Å²) in [6.07, 6.45) is 2.65. The zero-order valence-corrected chi connectivity index (χ0v) is 31.2. The molecule has 0 spiro atoms. The van der Waals surface area contributed by atoms with E-state index < -0.39 is 23.5 Å². The Morgan fingerprint density at radius 3 is 2.48 bits per heavy atom. The predicted molar refractivity (Wildman–Crippen MR) is 190 cm³/mol. The quantitative estimate of drug-likeness (QED) is 0.201. The van der Waals surface area contributed by atoms with E-state index in [4.69, 9.17) is 4.74 Å². The lowest BCUT2D eigenvalue weighted by Gasteiger charge is -2.37. The Kier molecular flexibility index (Phi) is 13.5. The Hall–Kier alpha value is -3.42. The van der Waals surface area contributed by atoms with Gasteiger partial charge in [0.2, 0.25) is 11.8 Å². The fraction of sp³-hybridized carbons (Fsp3) is 0.649. The highest BCUT2D eigenvalue weighted by Gasteiger charge is 2.57. The third-order valence-electron chi connectivity index (χ3n) is 10.4. The molecule has 3 N–H and O–H groups in total. The highest BCUT2D eigenvalue weighted by molar-refractivity contribution is 7.09.